The van der Waals surface area contributed by atoms with Crippen molar-refractivity contribution in [1.82, 2.24) is 40.4 Å². The number of aryl methyl sites for hydroxylation is 4. The van der Waals surface area contributed by atoms with E-state index in [1.807, 2.05) is 34.7 Å². The molecule has 4 N–H and O–H groups in total. The van der Waals surface area contributed by atoms with Crippen molar-refractivity contribution in [3.8, 4) is 33.6 Å². The molecule has 0 saturated carbocycles. The standard InChI is InChI=1S/C50H60N8O6S2/c1-63-49(61)55-39(21-25-65-3)47(59)57-23-5-7-43(57)45-51-29-41(53-45)36-19-17-34(18-20-36)37-27-31-9-13-33(37)14-10-32-12-16-35(15-11-31)38(28-32)42-30-52-46(54-42)44-8-6-24-58(44)48(60)40(22-26-66-4)56-50(62)64-2/h9,12-13,16-20,27-30,39-40,43-44H,5-8,10-11,14-15,21-26H2,1-4H3,(H,51,53)(H,52,54)(H,55,61)(H,56,62). The number of nitrogens with zero attached hydrogens (tertiary/aromatic N) is 4. The molecule has 0 spiro atoms. The number of alkyl carbamates (subject to hydrolysis) is 2. The van der Waals surface area contributed by atoms with Gasteiger partial charge in [0.15, 0.2) is 0 Å². The van der Waals surface area contributed by atoms with Gasteiger partial charge in [0.1, 0.15) is 23.7 Å². The lowest BCUT2D eigenvalue weighted by atomic mass is 9.88. The maximum Gasteiger partial charge on any atom is 0.407 e. The number of benzene rings is 3. The van der Waals surface area contributed by atoms with E-state index in [0.29, 0.717) is 25.9 Å². The number of nitrogens with one attached hydrogen (secondary N) is 4. The highest BCUT2D eigenvalue weighted by atomic mass is 32.2. The summed E-state index contributed by atoms with van der Waals surface area (Å²) in [6.07, 6.45) is 14.3. The maximum absolute atomic E-state index is 13.8. The number of H-pyrrole nitrogens is 2. The average Bonchev–Trinajstić information content (AvgIpc) is 4.19. The monoisotopic (exact) mass is 932 g/mol. The fraction of sp³-hybridized carbons (Fsp3) is 0.440. The van der Waals surface area contributed by atoms with Gasteiger partial charge in [0.25, 0.3) is 0 Å². The van der Waals surface area contributed by atoms with Crippen molar-refractivity contribution in [2.45, 2.75) is 88.4 Å². The molecule has 4 aliphatic carbocycles. The second kappa shape index (κ2) is 21.7. The van der Waals surface area contributed by atoms with Gasteiger partial charge >= 0.3 is 12.2 Å². The van der Waals surface area contributed by atoms with Gasteiger partial charge in [0.2, 0.25) is 11.8 Å². The van der Waals surface area contributed by atoms with E-state index in [-0.39, 0.29) is 23.9 Å². The Balaban J connectivity index is 0.959. The summed E-state index contributed by atoms with van der Waals surface area (Å²) < 4.78 is 9.65. The summed E-state index contributed by atoms with van der Waals surface area (Å²) in [6.45, 7) is 1.22. The largest absolute Gasteiger partial charge is 0.453 e. The summed E-state index contributed by atoms with van der Waals surface area (Å²) in [7, 11) is 2.62. The number of ether oxygens (including phenoxy) is 2. The first-order chi connectivity index (χ1) is 32.2. The van der Waals surface area contributed by atoms with Crippen molar-refractivity contribution in [3.05, 3.63) is 107 Å². The molecule has 16 heteroatoms. The molecule has 6 aliphatic rings. The van der Waals surface area contributed by atoms with E-state index in [0.717, 1.165) is 103 Å². The van der Waals surface area contributed by atoms with Crippen LogP contribution in [-0.2, 0) is 44.7 Å². The van der Waals surface area contributed by atoms with Crippen molar-refractivity contribution in [3.63, 3.8) is 0 Å². The highest BCUT2D eigenvalue weighted by Crippen LogP contribution is 2.36. The summed E-state index contributed by atoms with van der Waals surface area (Å²) in [5.41, 5.74) is 11.4. The van der Waals surface area contributed by atoms with Crippen LogP contribution in [0.15, 0.2) is 73.1 Å². The van der Waals surface area contributed by atoms with Gasteiger partial charge in [0.05, 0.1) is 50.1 Å². The molecule has 4 bridgehead atoms. The summed E-state index contributed by atoms with van der Waals surface area (Å²) in [5, 5.41) is 5.50. The minimum absolute atomic E-state index is 0.106. The van der Waals surface area contributed by atoms with Gasteiger partial charge in [0, 0.05) is 18.7 Å². The second-order valence-corrected chi connectivity index (χ2v) is 19.2. The molecule has 2 aromatic heterocycles. The summed E-state index contributed by atoms with van der Waals surface area (Å²) in [5.74, 6) is 2.77. The molecule has 4 atom stereocenters. The Bertz CT molecular complexity index is 2510. The number of carbonyl (C=O) groups excluding carboxylic acids is 4. The Morgan fingerprint density at radius 1 is 0.652 bits per heavy atom. The SMILES string of the molecule is COC(=O)NC(CCSC)C(=O)N1CCCC1c1ncc(-c2ccc(-c3cc4ccc3CCc3ccc(c(-c5cnc(C6CCCN6C(=O)C(CCSC)NC(=O)OC)[nH]5)c3)CC4)cc2)[nH]1. The molecule has 11 rings (SSSR count). The Labute approximate surface area is 395 Å². The number of rotatable bonds is 15. The molecule has 4 amide bonds. The first kappa shape index (κ1) is 46.8. The second-order valence-electron chi connectivity index (χ2n) is 17.2. The van der Waals surface area contributed by atoms with Crippen LogP contribution in [0.5, 0.6) is 0 Å². The maximum atomic E-state index is 13.8. The number of likely N-dealkylation sites (tertiary alicyclic amines) is 2. The third-order valence-corrected chi connectivity index (χ3v) is 14.5. The number of aromatic amines is 2. The van der Waals surface area contributed by atoms with Crippen LogP contribution in [0.25, 0.3) is 33.6 Å². The smallest absolute Gasteiger partial charge is 0.407 e. The molecule has 2 fully saturated rings. The Morgan fingerprint density at radius 3 is 1.64 bits per heavy atom. The van der Waals surface area contributed by atoms with Crippen molar-refractivity contribution >= 4 is 47.5 Å². The zero-order valence-corrected chi connectivity index (χ0v) is 39.8. The van der Waals surface area contributed by atoms with Crippen LogP contribution in [0.2, 0.25) is 0 Å². The van der Waals surface area contributed by atoms with Crippen LogP contribution >= 0.6 is 23.5 Å². The molecule has 4 heterocycles. The summed E-state index contributed by atoms with van der Waals surface area (Å²) in [6, 6.07) is 20.6. The molecule has 14 nitrogen and oxygen atoms in total. The van der Waals surface area contributed by atoms with E-state index in [1.54, 1.807) is 23.5 Å². The highest BCUT2D eigenvalue weighted by molar-refractivity contribution is 7.98. The van der Waals surface area contributed by atoms with E-state index >= 15 is 0 Å². The van der Waals surface area contributed by atoms with Crippen LogP contribution < -0.4 is 10.6 Å². The minimum atomic E-state index is -0.658. The van der Waals surface area contributed by atoms with E-state index in [9.17, 15) is 19.2 Å². The fourth-order valence-electron chi connectivity index (χ4n) is 9.61. The minimum Gasteiger partial charge on any atom is -0.453 e. The third kappa shape index (κ3) is 10.6. The third-order valence-electron chi connectivity index (χ3n) is 13.2. The van der Waals surface area contributed by atoms with Gasteiger partial charge in [-0.15, -0.1) is 0 Å². The van der Waals surface area contributed by atoms with Gasteiger partial charge < -0.3 is 39.9 Å². The number of methoxy groups -OCH3 is 2. The number of hydrogen-bond donors (Lipinski definition) is 4. The van der Waals surface area contributed by atoms with Gasteiger partial charge in [-0.05, 0) is 133 Å². The van der Waals surface area contributed by atoms with E-state index in [2.05, 4.69) is 81.3 Å². The number of imidazole rings is 2. The quantitative estimate of drug-likeness (QED) is 0.0800. The van der Waals surface area contributed by atoms with Gasteiger partial charge in [-0.25, -0.2) is 19.6 Å². The molecular formula is C50H60N8O6S2. The molecule has 2 aliphatic heterocycles. The fourth-order valence-corrected chi connectivity index (χ4v) is 10.6. The van der Waals surface area contributed by atoms with Crippen LogP contribution in [0, 0.1) is 0 Å². The molecule has 4 unspecified atom stereocenters. The predicted octanol–water partition coefficient (Wildman–Crippen LogP) is 8.30. The average molecular weight is 933 g/mol. The number of carbonyl (C=O) groups is 4. The molecule has 5 aromatic rings. The van der Waals surface area contributed by atoms with Crippen LogP contribution in [0.1, 0.15) is 84.5 Å². The normalized spacial score (nSPS) is 17.8. The zero-order chi connectivity index (χ0) is 46.2. The van der Waals surface area contributed by atoms with E-state index < -0.39 is 24.3 Å². The number of hydrogen-bond acceptors (Lipinski definition) is 10. The predicted molar refractivity (Wildman–Crippen MR) is 260 cm³/mol. The zero-order valence-electron chi connectivity index (χ0n) is 38.2. The Morgan fingerprint density at radius 2 is 1.12 bits per heavy atom. The van der Waals surface area contributed by atoms with Crippen molar-refractivity contribution in [2.24, 2.45) is 0 Å². The first-order valence-corrected chi connectivity index (χ1v) is 25.7. The van der Waals surface area contributed by atoms with Gasteiger partial charge in [-0.3, -0.25) is 9.59 Å². The Hall–Kier alpha value is -5.74. The molecule has 66 heavy (non-hydrogen) atoms. The van der Waals surface area contributed by atoms with Crippen LogP contribution in [0.4, 0.5) is 9.59 Å². The lowest BCUT2D eigenvalue weighted by Gasteiger charge is -2.28. The molecule has 3 aromatic carbocycles. The first-order valence-electron chi connectivity index (χ1n) is 22.9. The van der Waals surface area contributed by atoms with Crippen LogP contribution in [-0.4, -0.2) is 117 Å². The number of aromatic nitrogens is 4. The van der Waals surface area contributed by atoms with Gasteiger partial charge in [-0.1, -0.05) is 54.6 Å². The lowest BCUT2D eigenvalue weighted by molar-refractivity contribution is -0.135. The number of thioether (sulfide) groups is 2. The van der Waals surface area contributed by atoms with Crippen molar-refractivity contribution in [1.29, 1.82) is 0 Å². The van der Waals surface area contributed by atoms with E-state index in [1.165, 1.54) is 42.0 Å². The van der Waals surface area contributed by atoms with Crippen LogP contribution in [0.3, 0.4) is 0 Å². The van der Waals surface area contributed by atoms with Gasteiger partial charge in [-0.2, -0.15) is 23.5 Å². The summed E-state index contributed by atoms with van der Waals surface area (Å²) >= 11 is 3.27. The summed E-state index contributed by atoms with van der Waals surface area (Å²) in [4.78, 5) is 72.3. The van der Waals surface area contributed by atoms with E-state index in [4.69, 9.17) is 19.4 Å². The molecular weight excluding hydrogens is 873 g/mol. The Kier molecular flexibility index (Phi) is 15.4. The molecule has 348 valence electrons. The lowest BCUT2D eigenvalue weighted by Crippen LogP contribution is -2.48. The van der Waals surface area contributed by atoms with Crippen molar-refractivity contribution in [2.75, 3.05) is 51.3 Å². The number of amides is 4. The molecule has 2 saturated heterocycles. The topological polar surface area (TPSA) is 175 Å². The highest BCUT2D eigenvalue weighted by Gasteiger charge is 2.38. The molecule has 0 radical (unpaired) electrons. The van der Waals surface area contributed by atoms with Crippen molar-refractivity contribution < 1.29 is 28.7 Å².